The number of halogens is 5. The molecule has 1 heterocycles. The number of sulfonamides is 1. The van der Waals surface area contributed by atoms with E-state index in [1.54, 1.807) is 6.07 Å². The van der Waals surface area contributed by atoms with Gasteiger partial charge in [0.2, 0.25) is 0 Å². The van der Waals surface area contributed by atoms with Crippen LogP contribution in [0.1, 0.15) is 31.2 Å². The Morgan fingerprint density at radius 2 is 1.69 bits per heavy atom. The van der Waals surface area contributed by atoms with Crippen molar-refractivity contribution >= 4 is 33.1 Å². The molecule has 1 saturated heterocycles. The molecule has 1 aliphatic rings. The number of carbonyl (C=O) groups is 1. The van der Waals surface area contributed by atoms with Crippen LogP contribution in [0.15, 0.2) is 53.4 Å². The van der Waals surface area contributed by atoms with Crippen molar-refractivity contribution in [2.24, 2.45) is 5.92 Å². The Morgan fingerprint density at radius 1 is 1.09 bits per heavy atom. The average Bonchev–Trinajstić information content (AvgIpc) is 2.77. The highest BCUT2D eigenvalue weighted by Crippen LogP contribution is 2.37. The number of nitrogens with zero attached hydrogens (tertiary/aromatic N) is 2. The van der Waals surface area contributed by atoms with Crippen molar-refractivity contribution in [3.63, 3.8) is 0 Å². The fraction of sp³-hybridized carbons (Fsp3) is 0.458. The topological polar surface area (TPSA) is 54.5 Å². The van der Waals surface area contributed by atoms with Gasteiger partial charge in [0.25, 0.3) is 10.0 Å². The second kappa shape index (κ2) is 11.5. The van der Waals surface area contributed by atoms with Gasteiger partial charge in [0.05, 0.1) is 54.9 Å². The maximum absolute atomic E-state index is 13.4. The van der Waals surface area contributed by atoms with Crippen molar-refractivity contribution in [2.45, 2.75) is 36.8 Å². The zero-order valence-electron chi connectivity index (χ0n) is 19.6. The second-order valence-electron chi connectivity index (χ2n) is 9.39. The van der Waals surface area contributed by atoms with Gasteiger partial charge in [0.1, 0.15) is 0 Å². The molecule has 2 aromatic rings. The first-order valence-corrected chi connectivity index (χ1v) is 12.9. The van der Waals surface area contributed by atoms with E-state index in [0.29, 0.717) is 22.7 Å². The van der Waals surface area contributed by atoms with Crippen molar-refractivity contribution in [1.29, 1.82) is 0 Å². The minimum absolute atomic E-state index is 0. The van der Waals surface area contributed by atoms with E-state index in [4.69, 9.17) is 11.6 Å². The van der Waals surface area contributed by atoms with Gasteiger partial charge in [-0.2, -0.15) is 13.2 Å². The summed E-state index contributed by atoms with van der Waals surface area (Å²) in [6.07, 6.45) is -1.97. The number of piperidine rings is 1. The highest BCUT2D eigenvalue weighted by molar-refractivity contribution is 7.92. The molecule has 5 nitrogen and oxygen atoms in total. The fourth-order valence-corrected chi connectivity index (χ4v) is 5.86. The molecule has 0 bridgehead atoms. The van der Waals surface area contributed by atoms with Crippen LogP contribution in [0.5, 0.6) is 0 Å². The molecule has 1 aliphatic heterocycles. The molecule has 2 aromatic carbocycles. The van der Waals surface area contributed by atoms with Crippen molar-refractivity contribution in [1.82, 2.24) is 0 Å². The number of benzene rings is 2. The third-order valence-electron chi connectivity index (χ3n) is 6.31. The molecule has 0 aliphatic carbocycles. The number of carbonyl (C=O) groups excluding carboxylic acids is 1. The van der Waals surface area contributed by atoms with Gasteiger partial charge in [-0.25, -0.2) is 8.42 Å². The molecule has 0 aromatic heterocycles. The summed E-state index contributed by atoms with van der Waals surface area (Å²) in [5.41, 5.74) is -1.42. The normalized spacial score (nSPS) is 16.4. The van der Waals surface area contributed by atoms with Crippen LogP contribution in [-0.4, -0.2) is 52.4 Å². The Kier molecular flexibility index (Phi) is 9.66. The third-order valence-corrected chi connectivity index (χ3v) is 8.40. The van der Waals surface area contributed by atoms with E-state index in [1.807, 2.05) is 0 Å². The lowest BCUT2D eigenvalue weighted by Crippen LogP contribution is -3.00. The molecular weight excluding hydrogens is 524 g/mol. The summed E-state index contributed by atoms with van der Waals surface area (Å²) >= 11 is 6.16. The summed E-state index contributed by atoms with van der Waals surface area (Å²) in [4.78, 5) is 12.8. The van der Waals surface area contributed by atoms with Crippen LogP contribution in [-0.2, 0) is 21.0 Å². The van der Waals surface area contributed by atoms with Crippen molar-refractivity contribution < 1.29 is 43.3 Å². The minimum atomic E-state index is -4.70. The van der Waals surface area contributed by atoms with Gasteiger partial charge in [-0.3, -0.25) is 9.10 Å². The van der Waals surface area contributed by atoms with E-state index in [0.717, 1.165) is 42.5 Å². The molecule has 1 fully saturated rings. The van der Waals surface area contributed by atoms with Crippen LogP contribution in [0.2, 0.25) is 5.02 Å². The number of hydrogen-bond donors (Lipinski definition) is 0. The van der Waals surface area contributed by atoms with E-state index in [2.05, 4.69) is 14.1 Å². The number of anilines is 1. The number of likely N-dealkylation sites (tertiary alicyclic amines) is 1. The smallest absolute Gasteiger partial charge is 0.416 e. The van der Waals surface area contributed by atoms with Gasteiger partial charge in [-0.15, -0.1) is 0 Å². The van der Waals surface area contributed by atoms with Crippen LogP contribution in [0.3, 0.4) is 0 Å². The van der Waals surface area contributed by atoms with Gasteiger partial charge in [-0.05, 0) is 55.5 Å². The molecule has 11 heteroatoms. The van der Waals surface area contributed by atoms with Crippen molar-refractivity contribution in [2.75, 3.05) is 38.0 Å². The number of Topliss-reactive ketones (excluding diaryl/α,β-unsaturated/α-hetero) is 1. The number of quaternary nitrogens is 1. The lowest BCUT2D eigenvalue weighted by atomic mass is 9.90. The third kappa shape index (κ3) is 7.59. The molecule has 0 spiro atoms. The molecule has 0 radical (unpaired) electrons. The van der Waals surface area contributed by atoms with Crippen LogP contribution < -0.4 is 16.7 Å². The largest absolute Gasteiger partial charge is 1.00 e. The highest BCUT2D eigenvalue weighted by atomic mass is 35.5. The maximum atomic E-state index is 13.4. The second-order valence-corrected chi connectivity index (χ2v) is 11.7. The van der Waals surface area contributed by atoms with Crippen molar-refractivity contribution in [3.8, 4) is 0 Å². The molecule has 0 unspecified atom stereocenters. The zero-order valence-corrected chi connectivity index (χ0v) is 21.9. The zero-order chi connectivity index (χ0) is 25.1. The predicted octanol–water partition coefficient (Wildman–Crippen LogP) is 2.39. The standard InChI is InChI=1S/C24H29ClF3N2O3S.ClH/c1-30(2)14-12-18(13-15-30)8-10-20(31)17-29(34(32,33)21-6-4-3-5-7-21)23-16-19(24(26,27)28)9-11-22(23)25;/h3-7,9,11,16,18H,8,10,12-15,17H2,1-2H3;1H/q+1;/p-1. The van der Waals surface area contributed by atoms with E-state index in [9.17, 15) is 26.4 Å². The Balaban J connectivity index is 0.00000432. The maximum Gasteiger partial charge on any atom is 0.416 e. The molecule has 194 valence electrons. The van der Waals surface area contributed by atoms with Gasteiger partial charge in [0.15, 0.2) is 5.78 Å². The summed E-state index contributed by atoms with van der Waals surface area (Å²) in [6.45, 7) is 1.42. The first-order valence-electron chi connectivity index (χ1n) is 11.1. The van der Waals surface area contributed by atoms with E-state index in [1.165, 1.54) is 24.3 Å². The lowest BCUT2D eigenvalue weighted by molar-refractivity contribution is -0.896. The molecule has 0 amide bonds. The SMILES string of the molecule is C[N+]1(C)CCC(CCC(=O)CN(c2cc(C(F)(F)F)ccc2Cl)S(=O)(=O)c2ccccc2)CC1.[Cl-]. The van der Waals surface area contributed by atoms with Crippen molar-refractivity contribution in [3.05, 3.63) is 59.1 Å². The quantitative estimate of drug-likeness (QED) is 0.472. The Labute approximate surface area is 215 Å². The van der Waals surface area contributed by atoms with E-state index in [-0.39, 0.29) is 40.2 Å². The van der Waals surface area contributed by atoms with Gasteiger partial charge in [0, 0.05) is 6.42 Å². The molecular formula is C24H29Cl2F3N2O3S. The van der Waals surface area contributed by atoms with Gasteiger partial charge in [-0.1, -0.05) is 29.8 Å². The monoisotopic (exact) mass is 552 g/mol. The number of ketones is 1. The first-order chi connectivity index (χ1) is 15.8. The van der Waals surface area contributed by atoms with Crippen LogP contribution in [0, 0.1) is 5.92 Å². The van der Waals surface area contributed by atoms with Crippen LogP contribution in [0.25, 0.3) is 0 Å². The van der Waals surface area contributed by atoms with Crippen LogP contribution >= 0.6 is 11.6 Å². The summed E-state index contributed by atoms with van der Waals surface area (Å²) in [6, 6.07) is 9.75. The summed E-state index contributed by atoms with van der Waals surface area (Å²) in [7, 11) is -0.0159. The Bertz CT molecular complexity index is 1120. The molecule has 35 heavy (non-hydrogen) atoms. The summed E-state index contributed by atoms with van der Waals surface area (Å²) < 4.78 is 68.5. The lowest BCUT2D eigenvalue weighted by Gasteiger charge is -2.37. The molecule has 0 N–H and O–H groups in total. The average molecular weight is 553 g/mol. The minimum Gasteiger partial charge on any atom is -1.00 e. The Morgan fingerprint density at radius 3 is 2.26 bits per heavy atom. The highest BCUT2D eigenvalue weighted by Gasteiger charge is 2.35. The summed E-state index contributed by atoms with van der Waals surface area (Å²) in [5, 5.41) is -0.187. The molecule has 0 saturated carbocycles. The number of rotatable bonds is 8. The van der Waals surface area contributed by atoms with Gasteiger partial charge < -0.3 is 16.9 Å². The van der Waals surface area contributed by atoms with Gasteiger partial charge >= 0.3 is 6.18 Å². The first kappa shape index (κ1) is 29.4. The van der Waals surface area contributed by atoms with Crippen LogP contribution in [0.4, 0.5) is 18.9 Å². The fourth-order valence-electron chi connectivity index (χ4n) is 4.11. The Hall–Kier alpha value is -1.81. The number of hydrogen-bond acceptors (Lipinski definition) is 3. The van der Waals surface area contributed by atoms with E-state index < -0.39 is 28.3 Å². The molecule has 0 atom stereocenters. The molecule has 3 rings (SSSR count). The predicted molar refractivity (Wildman–Crippen MR) is 126 cm³/mol. The summed E-state index contributed by atoms with van der Waals surface area (Å²) in [5.74, 6) is -0.00117. The van der Waals surface area contributed by atoms with E-state index >= 15 is 0 Å². The number of alkyl halides is 3.